The van der Waals surface area contributed by atoms with Crippen LogP contribution in [0.2, 0.25) is 0 Å². The van der Waals surface area contributed by atoms with Gasteiger partial charge in [-0.15, -0.1) is 0 Å². The maximum Gasteiger partial charge on any atom is 0.416 e. The zero-order valence-electron chi connectivity index (χ0n) is 17.5. The first-order valence-corrected chi connectivity index (χ1v) is 11.7. The van der Waals surface area contributed by atoms with Crippen molar-refractivity contribution < 1.29 is 21.6 Å². The number of piperazine rings is 1. The van der Waals surface area contributed by atoms with Crippen molar-refractivity contribution in [2.24, 2.45) is 0 Å². The van der Waals surface area contributed by atoms with Gasteiger partial charge < -0.3 is 4.90 Å². The number of alkyl halides is 3. The molecule has 0 radical (unpaired) electrons. The average molecular weight is 465 g/mol. The lowest BCUT2D eigenvalue weighted by Crippen LogP contribution is -2.49. The lowest BCUT2D eigenvalue weighted by Gasteiger charge is -2.34. The monoisotopic (exact) mass is 464 g/mol. The van der Waals surface area contributed by atoms with E-state index in [1.807, 2.05) is 25.1 Å². The minimum Gasteiger partial charge on any atom is -0.300 e. The molecule has 0 atom stereocenters. The molecule has 4 rings (SSSR count). The van der Waals surface area contributed by atoms with E-state index in [-0.39, 0.29) is 4.90 Å². The van der Waals surface area contributed by atoms with Crippen molar-refractivity contribution in [1.29, 1.82) is 0 Å². The zero-order chi connectivity index (χ0) is 22.9. The van der Waals surface area contributed by atoms with Crippen LogP contribution in [-0.2, 0) is 22.6 Å². The summed E-state index contributed by atoms with van der Waals surface area (Å²) in [5.74, 6) is 0. The highest BCUT2D eigenvalue weighted by Gasteiger charge is 2.32. The van der Waals surface area contributed by atoms with E-state index < -0.39 is 21.8 Å². The molecule has 170 valence electrons. The number of hydrogen-bond donors (Lipinski definition) is 0. The molecule has 0 N–H and O–H groups in total. The van der Waals surface area contributed by atoms with E-state index in [1.54, 1.807) is 6.20 Å². The van der Waals surface area contributed by atoms with E-state index in [0.717, 1.165) is 59.5 Å². The number of fused-ring (bicyclic) bond motifs is 1. The van der Waals surface area contributed by atoms with Crippen molar-refractivity contribution in [3.63, 3.8) is 0 Å². The highest BCUT2D eigenvalue weighted by molar-refractivity contribution is 7.89. The van der Waals surface area contributed by atoms with E-state index in [4.69, 9.17) is 0 Å². The van der Waals surface area contributed by atoms with E-state index in [1.165, 1.54) is 4.31 Å². The molecule has 0 spiro atoms. The molecule has 0 saturated carbocycles. The Kier molecular flexibility index (Phi) is 6.19. The van der Waals surface area contributed by atoms with Gasteiger partial charge in [0.1, 0.15) is 0 Å². The van der Waals surface area contributed by atoms with Crippen LogP contribution in [-0.4, -0.2) is 60.3 Å². The Morgan fingerprint density at radius 2 is 1.66 bits per heavy atom. The second-order valence-electron chi connectivity index (χ2n) is 7.78. The molecule has 1 aliphatic rings. The molecule has 3 aromatic rings. The Labute approximate surface area is 184 Å². The van der Waals surface area contributed by atoms with Crippen molar-refractivity contribution in [1.82, 2.24) is 19.2 Å². The maximum absolute atomic E-state index is 12.8. The van der Waals surface area contributed by atoms with Gasteiger partial charge >= 0.3 is 6.18 Å². The normalized spacial score (nSPS) is 16.5. The Hall–Kier alpha value is -2.56. The Balaban J connectivity index is 1.34. The van der Waals surface area contributed by atoms with Crippen LogP contribution in [0, 0.1) is 6.92 Å². The second kappa shape index (κ2) is 8.76. The molecule has 0 bridgehead atoms. The van der Waals surface area contributed by atoms with Gasteiger partial charge in [0.25, 0.3) is 0 Å². The summed E-state index contributed by atoms with van der Waals surface area (Å²) >= 11 is 0. The minimum atomic E-state index is -4.50. The second-order valence-corrected chi connectivity index (χ2v) is 9.72. The molecule has 6 nitrogen and oxygen atoms in total. The molecule has 2 aromatic heterocycles. The first-order valence-electron chi connectivity index (χ1n) is 10.3. The summed E-state index contributed by atoms with van der Waals surface area (Å²) in [7, 11) is -3.82. The topological polar surface area (TPSA) is 66.4 Å². The summed E-state index contributed by atoms with van der Waals surface area (Å²) in [5.41, 5.74) is 1.94. The largest absolute Gasteiger partial charge is 0.416 e. The number of aryl methyl sites for hydroxylation is 1. The molecule has 1 aromatic carbocycles. The maximum atomic E-state index is 12.8. The molecule has 10 heteroatoms. The molecule has 0 aliphatic carbocycles. The van der Waals surface area contributed by atoms with Crippen LogP contribution in [0.25, 0.3) is 10.9 Å². The minimum absolute atomic E-state index is 0.121. The molecular weight excluding hydrogens is 441 g/mol. The van der Waals surface area contributed by atoms with Gasteiger partial charge in [0.2, 0.25) is 10.0 Å². The van der Waals surface area contributed by atoms with E-state index in [9.17, 15) is 21.6 Å². The van der Waals surface area contributed by atoms with Crippen molar-refractivity contribution >= 4 is 20.9 Å². The zero-order valence-corrected chi connectivity index (χ0v) is 18.3. The SMILES string of the molecule is Cc1nccc2nc(CCN3CCN(S(=O)(=O)c4ccc(C(F)(F)F)cc4)CC3)ccc12. The summed E-state index contributed by atoms with van der Waals surface area (Å²) < 4.78 is 65.1. The van der Waals surface area contributed by atoms with Crippen LogP contribution in [0.15, 0.2) is 53.6 Å². The molecule has 1 fully saturated rings. The Morgan fingerprint density at radius 1 is 0.969 bits per heavy atom. The van der Waals surface area contributed by atoms with Crippen LogP contribution < -0.4 is 0 Å². The van der Waals surface area contributed by atoms with Gasteiger partial charge in [0.05, 0.1) is 16.0 Å². The number of aromatic nitrogens is 2. The van der Waals surface area contributed by atoms with Gasteiger partial charge in [-0.1, -0.05) is 0 Å². The van der Waals surface area contributed by atoms with Gasteiger partial charge in [-0.25, -0.2) is 8.42 Å². The summed E-state index contributed by atoms with van der Waals surface area (Å²) in [4.78, 5) is 11.0. The number of halogens is 3. The third-order valence-electron chi connectivity index (χ3n) is 5.71. The average Bonchev–Trinajstić information content (AvgIpc) is 2.77. The smallest absolute Gasteiger partial charge is 0.300 e. The summed E-state index contributed by atoms with van der Waals surface area (Å²) in [6.45, 7) is 4.38. The molecule has 3 heterocycles. The number of hydrogen-bond acceptors (Lipinski definition) is 5. The molecule has 0 amide bonds. The highest BCUT2D eigenvalue weighted by Crippen LogP contribution is 2.30. The van der Waals surface area contributed by atoms with Crippen LogP contribution in [0.4, 0.5) is 13.2 Å². The highest BCUT2D eigenvalue weighted by atomic mass is 32.2. The van der Waals surface area contributed by atoms with Gasteiger partial charge in [-0.3, -0.25) is 9.97 Å². The van der Waals surface area contributed by atoms with Crippen LogP contribution in [0.5, 0.6) is 0 Å². The Bertz CT molecular complexity index is 1210. The number of pyridine rings is 2. The van der Waals surface area contributed by atoms with Crippen molar-refractivity contribution in [3.05, 3.63) is 65.6 Å². The molecule has 1 saturated heterocycles. The number of nitrogens with zero attached hydrogens (tertiary/aromatic N) is 4. The third kappa shape index (κ3) is 4.77. The van der Waals surface area contributed by atoms with Crippen molar-refractivity contribution in [2.45, 2.75) is 24.4 Å². The van der Waals surface area contributed by atoms with Gasteiger partial charge in [0.15, 0.2) is 0 Å². The van der Waals surface area contributed by atoms with Gasteiger partial charge in [-0.05, 0) is 49.4 Å². The summed E-state index contributed by atoms with van der Waals surface area (Å²) in [6, 6.07) is 9.54. The number of benzene rings is 1. The third-order valence-corrected chi connectivity index (χ3v) is 7.62. The summed E-state index contributed by atoms with van der Waals surface area (Å²) in [6.07, 6.45) is -2.02. The molecule has 0 unspecified atom stereocenters. The summed E-state index contributed by atoms with van der Waals surface area (Å²) in [5, 5.41) is 1.03. The fraction of sp³-hybridized carbons (Fsp3) is 0.364. The quantitative estimate of drug-likeness (QED) is 0.578. The van der Waals surface area contributed by atoms with E-state index >= 15 is 0 Å². The van der Waals surface area contributed by atoms with E-state index in [2.05, 4.69) is 14.9 Å². The predicted molar refractivity (Wildman–Crippen MR) is 115 cm³/mol. The molecule has 32 heavy (non-hydrogen) atoms. The van der Waals surface area contributed by atoms with Crippen LogP contribution in [0.3, 0.4) is 0 Å². The molecular formula is C22H23F3N4O2S. The Morgan fingerprint density at radius 3 is 2.31 bits per heavy atom. The fourth-order valence-corrected chi connectivity index (χ4v) is 5.23. The number of sulfonamides is 1. The molecule has 1 aliphatic heterocycles. The predicted octanol–water partition coefficient (Wildman–Crippen LogP) is 3.51. The van der Waals surface area contributed by atoms with Crippen molar-refractivity contribution in [3.8, 4) is 0 Å². The van der Waals surface area contributed by atoms with Gasteiger partial charge in [0, 0.05) is 62.1 Å². The lowest BCUT2D eigenvalue weighted by atomic mass is 10.1. The fourth-order valence-electron chi connectivity index (χ4n) is 3.81. The van der Waals surface area contributed by atoms with Crippen LogP contribution in [0.1, 0.15) is 17.0 Å². The lowest BCUT2D eigenvalue weighted by molar-refractivity contribution is -0.137. The van der Waals surface area contributed by atoms with Crippen LogP contribution >= 0.6 is 0 Å². The van der Waals surface area contributed by atoms with Crippen molar-refractivity contribution in [2.75, 3.05) is 32.7 Å². The van der Waals surface area contributed by atoms with Gasteiger partial charge in [-0.2, -0.15) is 17.5 Å². The first kappa shape index (κ1) is 22.6. The standard InChI is InChI=1S/C22H23F3N4O2S/c1-16-20-7-4-18(27-21(20)8-10-26-16)9-11-28-12-14-29(15-13-28)32(30,31)19-5-2-17(3-6-19)22(23,24)25/h2-8,10H,9,11-15H2,1H3. The number of rotatable bonds is 5. The van der Waals surface area contributed by atoms with E-state index in [0.29, 0.717) is 26.2 Å². The first-order chi connectivity index (χ1) is 15.1.